The van der Waals surface area contributed by atoms with Crippen LogP contribution in [0.5, 0.6) is 0 Å². The predicted molar refractivity (Wildman–Crippen MR) is 141 cm³/mol. The standard InChI is InChI=1S/C28H30F9N7/c1-16-9-21-23(3-2-7-42(14-17-4-5-17)24(21)13-22(16)28(35,36)37)43(25-39-41-44(40-25)8-6-38)15-18-10-19(26(29,30)31)12-20(11-18)27(32,33)34/h9-13,17,23H,2-8,14-15,38H2,1H3/p+1/t23-/m0/s1. The van der Waals surface area contributed by atoms with Crippen LogP contribution in [-0.2, 0) is 31.6 Å². The topological polar surface area (TPSA) is 77.3 Å². The summed E-state index contributed by atoms with van der Waals surface area (Å²) in [5.41, 5.74) is 2.33. The van der Waals surface area contributed by atoms with Gasteiger partial charge in [0.05, 0.1) is 23.2 Å². The fraction of sp³-hybridized carbons (Fsp3) is 0.536. The van der Waals surface area contributed by atoms with Crippen molar-refractivity contribution in [1.82, 2.24) is 20.2 Å². The number of nitrogens with two attached hydrogens (primary N) is 1. The lowest BCUT2D eigenvalue weighted by Crippen LogP contribution is -3.06. The number of hydrogen-bond acceptors (Lipinski definition) is 5. The number of hydrogen-bond donors (Lipinski definition) is 2. The van der Waals surface area contributed by atoms with Crippen molar-refractivity contribution in [2.45, 2.75) is 70.3 Å². The number of quaternary nitrogens is 1. The summed E-state index contributed by atoms with van der Waals surface area (Å²) >= 11 is 0. The maximum atomic E-state index is 14.0. The van der Waals surface area contributed by atoms with Gasteiger partial charge in [-0.3, -0.25) is 4.90 Å². The first-order valence-electron chi connectivity index (χ1n) is 14.1. The molecule has 7 nitrogen and oxygen atoms in total. The number of halogens is 9. The molecule has 0 saturated heterocycles. The van der Waals surface area contributed by atoms with Crippen LogP contribution < -0.4 is 15.5 Å². The van der Waals surface area contributed by atoms with Crippen molar-refractivity contribution >= 4 is 11.6 Å². The molecule has 16 heteroatoms. The molecule has 1 aliphatic carbocycles. The zero-order valence-corrected chi connectivity index (χ0v) is 23.6. The molecule has 240 valence electrons. The van der Waals surface area contributed by atoms with Gasteiger partial charge < -0.3 is 10.6 Å². The smallest absolute Gasteiger partial charge is 0.371 e. The van der Waals surface area contributed by atoms with E-state index in [1.54, 1.807) is 0 Å². The number of benzene rings is 2. The van der Waals surface area contributed by atoms with E-state index in [2.05, 4.69) is 15.4 Å². The summed E-state index contributed by atoms with van der Waals surface area (Å²) in [4.78, 5) is 3.33. The van der Waals surface area contributed by atoms with E-state index in [4.69, 9.17) is 5.73 Å². The summed E-state index contributed by atoms with van der Waals surface area (Å²) in [5, 5.41) is 12.3. The number of nitrogens with one attached hydrogen (secondary N) is 1. The highest BCUT2D eigenvalue weighted by Crippen LogP contribution is 2.42. The number of nitrogens with zero attached hydrogens (tertiary/aromatic N) is 5. The van der Waals surface area contributed by atoms with Crippen LogP contribution in [-0.4, -0.2) is 39.8 Å². The maximum Gasteiger partial charge on any atom is 0.416 e. The summed E-state index contributed by atoms with van der Waals surface area (Å²) in [6.45, 7) is 2.16. The summed E-state index contributed by atoms with van der Waals surface area (Å²) < 4.78 is 124. The SMILES string of the molecule is Cc1cc2c(cc1C(F)(F)F)N(CC1CC1)CCC[C@@H]2[NH+](Cc1cc(C(F)(F)F)cc(C(F)(F)F)c1)c1nnn(CCN)n1. The van der Waals surface area contributed by atoms with Crippen LogP contribution in [0.1, 0.15) is 65.1 Å². The molecule has 2 heterocycles. The molecule has 2 atom stereocenters. The monoisotopic (exact) mass is 636 g/mol. The lowest BCUT2D eigenvalue weighted by atomic mass is 9.94. The Bertz CT molecular complexity index is 1440. The molecule has 1 fully saturated rings. The molecule has 44 heavy (non-hydrogen) atoms. The second kappa shape index (κ2) is 11.8. The van der Waals surface area contributed by atoms with E-state index in [0.717, 1.165) is 23.7 Å². The summed E-state index contributed by atoms with van der Waals surface area (Å²) in [5.74, 6) is 0.316. The second-order valence-electron chi connectivity index (χ2n) is 11.4. The van der Waals surface area contributed by atoms with Crippen molar-refractivity contribution in [2.24, 2.45) is 11.7 Å². The zero-order chi connectivity index (χ0) is 32.0. The van der Waals surface area contributed by atoms with Crippen molar-refractivity contribution in [1.29, 1.82) is 0 Å². The Morgan fingerprint density at radius 1 is 0.886 bits per heavy atom. The normalized spacial score (nSPS) is 18.7. The van der Waals surface area contributed by atoms with Crippen molar-refractivity contribution < 1.29 is 44.4 Å². The number of rotatable bonds is 8. The van der Waals surface area contributed by atoms with Crippen LogP contribution in [0, 0.1) is 12.8 Å². The average molecular weight is 637 g/mol. The third-order valence-corrected chi connectivity index (χ3v) is 8.02. The highest BCUT2D eigenvalue weighted by Gasteiger charge is 2.41. The van der Waals surface area contributed by atoms with Crippen LogP contribution in [0.2, 0.25) is 0 Å². The van der Waals surface area contributed by atoms with Crippen molar-refractivity contribution in [3.8, 4) is 0 Å². The average Bonchev–Trinajstić information content (AvgIpc) is 3.65. The molecule has 0 amide bonds. The Hall–Kier alpha value is -3.40. The molecule has 0 radical (unpaired) electrons. The fourth-order valence-corrected chi connectivity index (χ4v) is 5.78. The van der Waals surface area contributed by atoms with Gasteiger partial charge in [-0.2, -0.15) is 44.3 Å². The van der Waals surface area contributed by atoms with Gasteiger partial charge in [-0.1, -0.05) is 10.2 Å². The van der Waals surface area contributed by atoms with E-state index in [1.807, 2.05) is 4.90 Å². The third-order valence-electron chi connectivity index (χ3n) is 8.02. The molecule has 2 aliphatic rings. The van der Waals surface area contributed by atoms with E-state index >= 15 is 0 Å². The van der Waals surface area contributed by atoms with Gasteiger partial charge in [0.25, 0.3) is 0 Å². The van der Waals surface area contributed by atoms with E-state index in [1.165, 1.54) is 13.0 Å². The third kappa shape index (κ3) is 7.11. The molecule has 1 saturated carbocycles. The Morgan fingerprint density at radius 2 is 1.55 bits per heavy atom. The number of aromatic nitrogens is 4. The molecular weight excluding hydrogens is 605 g/mol. The molecule has 1 aliphatic heterocycles. The first-order valence-corrected chi connectivity index (χ1v) is 14.1. The van der Waals surface area contributed by atoms with Crippen molar-refractivity contribution in [3.05, 3.63) is 63.7 Å². The Morgan fingerprint density at radius 3 is 2.11 bits per heavy atom. The number of alkyl halides is 9. The predicted octanol–water partition coefficient (Wildman–Crippen LogP) is 5.46. The first kappa shape index (κ1) is 32.0. The molecular formula is C28H31F9N7+. The highest BCUT2D eigenvalue weighted by atomic mass is 19.4. The number of aryl methyl sites for hydroxylation is 1. The summed E-state index contributed by atoms with van der Waals surface area (Å²) in [6.07, 6.45) is -12.0. The number of anilines is 1. The van der Waals surface area contributed by atoms with Gasteiger partial charge in [0.15, 0.2) is 0 Å². The second-order valence-corrected chi connectivity index (χ2v) is 11.4. The molecule has 1 unspecified atom stereocenters. The Kier molecular flexibility index (Phi) is 8.61. The van der Waals surface area contributed by atoms with Gasteiger partial charge in [0, 0.05) is 42.9 Å². The van der Waals surface area contributed by atoms with Crippen LogP contribution in [0.4, 0.5) is 51.1 Å². The van der Waals surface area contributed by atoms with Gasteiger partial charge in [0.1, 0.15) is 12.6 Å². The quantitative estimate of drug-likeness (QED) is 0.321. The number of tetrazole rings is 1. The van der Waals surface area contributed by atoms with Gasteiger partial charge in [-0.05, 0) is 73.2 Å². The Labute approximate surface area is 246 Å². The van der Waals surface area contributed by atoms with E-state index in [0.29, 0.717) is 55.2 Å². The molecule has 0 bridgehead atoms. The maximum absolute atomic E-state index is 14.0. The minimum absolute atomic E-state index is 0.0198. The minimum atomic E-state index is -5.05. The van der Waals surface area contributed by atoms with Crippen molar-refractivity contribution in [3.63, 3.8) is 0 Å². The molecule has 5 rings (SSSR count). The fourth-order valence-electron chi connectivity index (χ4n) is 5.78. The van der Waals surface area contributed by atoms with Crippen LogP contribution in [0.15, 0.2) is 30.3 Å². The molecule has 3 N–H and O–H groups in total. The van der Waals surface area contributed by atoms with Gasteiger partial charge in [0.2, 0.25) is 0 Å². The molecule has 2 aromatic carbocycles. The van der Waals surface area contributed by atoms with Gasteiger partial charge in [-0.15, -0.1) is 0 Å². The van der Waals surface area contributed by atoms with Crippen LogP contribution in [0.25, 0.3) is 0 Å². The van der Waals surface area contributed by atoms with Crippen LogP contribution in [0.3, 0.4) is 0 Å². The first-order chi connectivity index (χ1) is 20.5. The van der Waals surface area contributed by atoms with Crippen molar-refractivity contribution in [2.75, 3.05) is 24.5 Å². The minimum Gasteiger partial charge on any atom is -0.371 e. The van der Waals surface area contributed by atoms with Gasteiger partial charge >= 0.3 is 24.5 Å². The van der Waals surface area contributed by atoms with E-state index in [9.17, 15) is 39.5 Å². The largest absolute Gasteiger partial charge is 0.416 e. The van der Waals surface area contributed by atoms with Gasteiger partial charge in [-0.25, -0.2) is 0 Å². The molecule has 0 spiro atoms. The molecule has 1 aromatic heterocycles. The number of fused-ring (bicyclic) bond motifs is 1. The summed E-state index contributed by atoms with van der Waals surface area (Å²) in [7, 11) is 0. The lowest BCUT2D eigenvalue weighted by Gasteiger charge is -2.30. The van der Waals surface area contributed by atoms with E-state index < -0.39 is 47.8 Å². The summed E-state index contributed by atoms with van der Waals surface area (Å²) in [6, 6.07) is 3.16. The van der Waals surface area contributed by atoms with Crippen LogP contribution >= 0.6 is 0 Å². The Balaban J connectivity index is 1.66. The lowest BCUT2D eigenvalue weighted by molar-refractivity contribution is -0.886. The highest BCUT2D eigenvalue weighted by molar-refractivity contribution is 5.60. The van der Waals surface area contributed by atoms with E-state index in [-0.39, 0.29) is 41.1 Å². The zero-order valence-electron chi connectivity index (χ0n) is 23.6. The molecule has 3 aromatic rings.